The summed E-state index contributed by atoms with van der Waals surface area (Å²) in [6.07, 6.45) is -0.263. The van der Waals surface area contributed by atoms with E-state index in [1.54, 1.807) is 6.92 Å². The average molecular weight is 478 g/mol. The Bertz CT molecular complexity index is 1180. The molecule has 1 heterocycles. The molecule has 0 spiro atoms. The number of fused-ring (bicyclic) bond motifs is 3. The minimum absolute atomic E-state index is 0.0160. The molecule has 2 amide bonds. The molecule has 0 atom stereocenters. The van der Waals surface area contributed by atoms with Crippen molar-refractivity contribution in [2.45, 2.75) is 32.2 Å². The van der Waals surface area contributed by atoms with E-state index in [4.69, 9.17) is 14.4 Å². The van der Waals surface area contributed by atoms with Crippen LogP contribution in [0.25, 0.3) is 11.1 Å². The third kappa shape index (κ3) is 5.51. The highest BCUT2D eigenvalue weighted by Gasteiger charge is 2.29. The molecule has 4 rings (SSSR count). The number of amides is 2. The van der Waals surface area contributed by atoms with Crippen molar-refractivity contribution in [3.8, 4) is 11.1 Å². The number of aliphatic carboxylic acids is 1. The highest BCUT2D eigenvalue weighted by molar-refractivity contribution is 5.92. The van der Waals surface area contributed by atoms with Crippen LogP contribution in [-0.4, -0.2) is 52.8 Å². The van der Waals surface area contributed by atoms with E-state index in [9.17, 15) is 14.4 Å². The molecule has 182 valence electrons. The summed E-state index contributed by atoms with van der Waals surface area (Å²) >= 11 is 0. The predicted molar refractivity (Wildman–Crippen MR) is 127 cm³/mol. The zero-order valence-corrected chi connectivity index (χ0v) is 19.4. The molecule has 0 saturated heterocycles. The second kappa shape index (κ2) is 10.9. The number of carbonyl (C=O) groups is 3. The number of nitrogens with zero attached hydrogens (tertiary/aromatic N) is 2. The van der Waals surface area contributed by atoms with Gasteiger partial charge in [-0.2, -0.15) is 0 Å². The van der Waals surface area contributed by atoms with Crippen molar-refractivity contribution < 1.29 is 28.8 Å². The minimum Gasteiger partial charge on any atom is -0.481 e. The zero-order valence-electron chi connectivity index (χ0n) is 19.4. The van der Waals surface area contributed by atoms with Gasteiger partial charge in [0.1, 0.15) is 6.61 Å². The Morgan fingerprint density at radius 3 is 2.37 bits per heavy atom. The van der Waals surface area contributed by atoms with E-state index in [0.29, 0.717) is 25.3 Å². The summed E-state index contributed by atoms with van der Waals surface area (Å²) in [5.74, 6) is -0.988. The largest absolute Gasteiger partial charge is 0.481 e. The van der Waals surface area contributed by atoms with Crippen molar-refractivity contribution >= 4 is 18.0 Å². The summed E-state index contributed by atoms with van der Waals surface area (Å²) in [6.45, 7) is 2.74. The SMILES string of the molecule is CCN(CCCC(=O)O)C(=O)c1cc(CNC(=O)OCC2c3ccccc3-c3ccccc32)on1. The lowest BCUT2D eigenvalue weighted by atomic mass is 9.98. The number of carboxylic acid groups (broad SMARTS) is 1. The summed E-state index contributed by atoms with van der Waals surface area (Å²) in [4.78, 5) is 37.1. The smallest absolute Gasteiger partial charge is 0.407 e. The van der Waals surface area contributed by atoms with Crippen LogP contribution in [0.2, 0.25) is 0 Å². The molecule has 0 radical (unpaired) electrons. The second-order valence-corrected chi connectivity index (χ2v) is 8.24. The molecule has 2 aromatic carbocycles. The fourth-order valence-electron chi connectivity index (χ4n) is 4.29. The van der Waals surface area contributed by atoms with Gasteiger partial charge >= 0.3 is 12.1 Å². The fourth-order valence-corrected chi connectivity index (χ4v) is 4.29. The molecular formula is C26H27N3O6. The Morgan fingerprint density at radius 2 is 1.74 bits per heavy atom. The first-order valence-electron chi connectivity index (χ1n) is 11.5. The van der Waals surface area contributed by atoms with Crippen LogP contribution in [-0.2, 0) is 16.1 Å². The second-order valence-electron chi connectivity index (χ2n) is 8.24. The number of hydrogen-bond acceptors (Lipinski definition) is 6. The number of aromatic nitrogens is 1. The van der Waals surface area contributed by atoms with Crippen molar-refractivity contribution in [2.24, 2.45) is 0 Å². The van der Waals surface area contributed by atoms with Crippen molar-refractivity contribution in [1.82, 2.24) is 15.4 Å². The molecule has 0 bridgehead atoms. The van der Waals surface area contributed by atoms with Crippen LogP contribution >= 0.6 is 0 Å². The number of carbonyl (C=O) groups excluding carboxylic acids is 2. The van der Waals surface area contributed by atoms with Crippen LogP contribution in [0.1, 0.15) is 53.1 Å². The van der Waals surface area contributed by atoms with Gasteiger partial charge in [-0.25, -0.2) is 4.79 Å². The van der Waals surface area contributed by atoms with Gasteiger partial charge in [0.15, 0.2) is 11.5 Å². The van der Waals surface area contributed by atoms with Crippen LogP contribution in [0.5, 0.6) is 0 Å². The number of alkyl carbamates (subject to hydrolysis) is 1. The van der Waals surface area contributed by atoms with Crippen molar-refractivity contribution in [1.29, 1.82) is 0 Å². The topological polar surface area (TPSA) is 122 Å². The summed E-state index contributed by atoms with van der Waals surface area (Å²) in [5.41, 5.74) is 4.67. The molecular weight excluding hydrogens is 450 g/mol. The number of ether oxygens (including phenoxy) is 1. The van der Waals surface area contributed by atoms with Crippen LogP contribution in [0.15, 0.2) is 59.1 Å². The van der Waals surface area contributed by atoms with Crippen LogP contribution in [0.3, 0.4) is 0 Å². The van der Waals surface area contributed by atoms with E-state index in [0.717, 1.165) is 22.3 Å². The third-order valence-corrected chi connectivity index (χ3v) is 6.02. The first kappa shape index (κ1) is 24.0. The van der Waals surface area contributed by atoms with Crippen LogP contribution < -0.4 is 5.32 Å². The van der Waals surface area contributed by atoms with Gasteiger partial charge in [0.2, 0.25) is 0 Å². The highest BCUT2D eigenvalue weighted by atomic mass is 16.5. The van der Waals surface area contributed by atoms with E-state index < -0.39 is 12.1 Å². The van der Waals surface area contributed by atoms with E-state index >= 15 is 0 Å². The molecule has 1 aliphatic carbocycles. The molecule has 9 nitrogen and oxygen atoms in total. The standard InChI is InChI=1S/C26H27N3O6/c1-2-29(13-7-12-24(30)31)25(32)23-14-17(35-28-23)15-27-26(33)34-16-22-20-10-5-3-8-18(20)19-9-4-6-11-21(19)22/h3-6,8-11,14,22H,2,7,12-13,15-16H2,1H3,(H,27,33)(H,30,31). The van der Waals surface area contributed by atoms with E-state index in [2.05, 4.69) is 34.7 Å². The summed E-state index contributed by atoms with van der Waals surface area (Å²) in [7, 11) is 0. The lowest BCUT2D eigenvalue weighted by Crippen LogP contribution is -2.32. The van der Waals surface area contributed by atoms with Gasteiger partial charge in [0.25, 0.3) is 5.91 Å². The molecule has 0 unspecified atom stereocenters. The van der Waals surface area contributed by atoms with Gasteiger partial charge in [-0.15, -0.1) is 0 Å². The Labute approximate surface area is 202 Å². The lowest BCUT2D eigenvalue weighted by Gasteiger charge is -2.18. The van der Waals surface area contributed by atoms with Crippen molar-refractivity contribution in [3.05, 3.63) is 77.2 Å². The zero-order chi connectivity index (χ0) is 24.8. The molecule has 1 aromatic heterocycles. The normalized spacial score (nSPS) is 12.0. The van der Waals surface area contributed by atoms with E-state index in [1.165, 1.54) is 11.0 Å². The number of benzene rings is 2. The average Bonchev–Trinajstić information content (AvgIpc) is 3.46. The van der Waals surface area contributed by atoms with Gasteiger partial charge in [-0.1, -0.05) is 53.7 Å². The molecule has 2 N–H and O–H groups in total. The van der Waals surface area contributed by atoms with Gasteiger partial charge < -0.3 is 24.6 Å². The number of carboxylic acids is 1. The summed E-state index contributed by atoms with van der Waals surface area (Å²) in [5, 5.41) is 15.2. The minimum atomic E-state index is -0.906. The quantitative estimate of drug-likeness (QED) is 0.452. The molecule has 9 heteroatoms. The highest BCUT2D eigenvalue weighted by Crippen LogP contribution is 2.44. The van der Waals surface area contributed by atoms with Crippen molar-refractivity contribution in [2.75, 3.05) is 19.7 Å². The maximum atomic E-state index is 12.6. The number of rotatable bonds is 10. The monoisotopic (exact) mass is 477 g/mol. The van der Waals surface area contributed by atoms with E-state index in [-0.39, 0.29) is 37.1 Å². The van der Waals surface area contributed by atoms with Crippen LogP contribution in [0.4, 0.5) is 4.79 Å². The maximum Gasteiger partial charge on any atom is 0.407 e. The number of nitrogens with one attached hydrogen (secondary N) is 1. The Hall–Kier alpha value is -4.14. The van der Waals surface area contributed by atoms with Crippen molar-refractivity contribution in [3.63, 3.8) is 0 Å². The maximum absolute atomic E-state index is 12.6. The van der Waals surface area contributed by atoms with Gasteiger partial charge in [0.05, 0.1) is 6.54 Å². The van der Waals surface area contributed by atoms with Crippen LogP contribution in [0, 0.1) is 0 Å². The molecule has 0 aliphatic heterocycles. The first-order valence-corrected chi connectivity index (χ1v) is 11.5. The van der Waals surface area contributed by atoms with Gasteiger partial charge in [-0.3, -0.25) is 9.59 Å². The molecule has 0 fully saturated rings. The van der Waals surface area contributed by atoms with Gasteiger partial charge in [-0.05, 0) is 35.6 Å². The molecule has 35 heavy (non-hydrogen) atoms. The molecule has 1 aliphatic rings. The Kier molecular flexibility index (Phi) is 7.45. The molecule has 0 saturated carbocycles. The number of hydrogen-bond donors (Lipinski definition) is 2. The summed E-state index contributed by atoms with van der Waals surface area (Å²) in [6, 6.07) is 17.7. The Morgan fingerprint density at radius 1 is 1.09 bits per heavy atom. The lowest BCUT2D eigenvalue weighted by molar-refractivity contribution is -0.137. The predicted octanol–water partition coefficient (Wildman–Crippen LogP) is 4.04. The first-order chi connectivity index (χ1) is 17.0. The fraction of sp³-hybridized carbons (Fsp3) is 0.308. The third-order valence-electron chi connectivity index (χ3n) is 6.02. The van der Waals surface area contributed by atoms with E-state index in [1.807, 2.05) is 24.3 Å². The Balaban J connectivity index is 1.29. The summed E-state index contributed by atoms with van der Waals surface area (Å²) < 4.78 is 10.7. The van der Waals surface area contributed by atoms with Gasteiger partial charge in [0, 0.05) is 31.5 Å². The molecule has 3 aromatic rings.